The molecule has 1 saturated heterocycles. The number of ether oxygens (including phenoxy) is 2. The molecule has 0 radical (unpaired) electrons. The Hall–Kier alpha value is -1.07. The van der Waals surface area contributed by atoms with Crippen molar-refractivity contribution in [2.75, 3.05) is 20.2 Å². The van der Waals surface area contributed by atoms with Crippen LogP contribution < -0.4 is 4.74 Å². The van der Waals surface area contributed by atoms with E-state index in [4.69, 9.17) is 9.47 Å². The van der Waals surface area contributed by atoms with Crippen molar-refractivity contribution in [1.29, 1.82) is 0 Å². The van der Waals surface area contributed by atoms with Gasteiger partial charge in [0.1, 0.15) is 0 Å². The van der Waals surface area contributed by atoms with Crippen LogP contribution in [0.3, 0.4) is 0 Å². The molecular weight excluding hydrogens is 290 g/mol. The van der Waals surface area contributed by atoms with E-state index in [2.05, 4.69) is 16.9 Å². The predicted octanol–water partition coefficient (Wildman–Crippen LogP) is 3.05. The maximum Gasteiger partial charge on any atom is 0.216 e. The predicted molar refractivity (Wildman–Crippen MR) is 90.8 cm³/mol. The summed E-state index contributed by atoms with van der Waals surface area (Å²) in [6.07, 6.45) is 9.93. The van der Waals surface area contributed by atoms with Gasteiger partial charge < -0.3 is 9.47 Å². The molecule has 2 heterocycles. The van der Waals surface area contributed by atoms with Crippen molar-refractivity contribution in [2.24, 2.45) is 7.05 Å². The van der Waals surface area contributed by atoms with E-state index >= 15 is 0 Å². The van der Waals surface area contributed by atoms with E-state index in [1.54, 1.807) is 7.11 Å². The highest BCUT2D eigenvalue weighted by atomic mass is 16.5. The van der Waals surface area contributed by atoms with Gasteiger partial charge in [0, 0.05) is 26.7 Å². The molecule has 0 spiro atoms. The van der Waals surface area contributed by atoms with Gasteiger partial charge >= 0.3 is 0 Å². The SMILES string of the molecule is COc1c(CN2CCC(OC3CCCCC3)CC2)c(C)nn1C. The molecule has 1 aromatic heterocycles. The van der Waals surface area contributed by atoms with Crippen molar-refractivity contribution in [1.82, 2.24) is 14.7 Å². The van der Waals surface area contributed by atoms with E-state index in [1.807, 2.05) is 11.7 Å². The van der Waals surface area contributed by atoms with Crippen LogP contribution >= 0.6 is 0 Å². The Morgan fingerprint density at radius 3 is 2.35 bits per heavy atom. The molecule has 2 fully saturated rings. The second kappa shape index (κ2) is 7.67. The molecule has 1 aliphatic carbocycles. The molecule has 0 atom stereocenters. The monoisotopic (exact) mass is 321 g/mol. The zero-order chi connectivity index (χ0) is 16.2. The maximum absolute atomic E-state index is 6.34. The molecule has 5 heteroatoms. The molecule has 0 aromatic carbocycles. The lowest BCUT2D eigenvalue weighted by Gasteiger charge is -2.34. The summed E-state index contributed by atoms with van der Waals surface area (Å²) in [5.41, 5.74) is 2.30. The molecule has 0 N–H and O–H groups in total. The molecule has 5 nitrogen and oxygen atoms in total. The molecule has 23 heavy (non-hydrogen) atoms. The summed E-state index contributed by atoms with van der Waals surface area (Å²) in [6.45, 7) is 5.21. The lowest BCUT2D eigenvalue weighted by Crippen LogP contribution is -2.38. The Bertz CT molecular complexity index is 501. The minimum absolute atomic E-state index is 0.464. The minimum atomic E-state index is 0.464. The van der Waals surface area contributed by atoms with Crippen LogP contribution in [0.2, 0.25) is 0 Å². The first-order valence-electron chi connectivity index (χ1n) is 9.11. The molecule has 130 valence electrons. The number of aryl methyl sites for hydroxylation is 2. The Morgan fingerprint density at radius 2 is 1.70 bits per heavy atom. The van der Waals surface area contributed by atoms with E-state index in [0.717, 1.165) is 44.0 Å². The number of rotatable bonds is 5. The highest BCUT2D eigenvalue weighted by Crippen LogP contribution is 2.27. The molecule has 2 aliphatic rings. The number of hydrogen-bond acceptors (Lipinski definition) is 4. The van der Waals surface area contributed by atoms with Crippen LogP contribution in [0.5, 0.6) is 5.88 Å². The van der Waals surface area contributed by atoms with Crippen LogP contribution in [0.1, 0.15) is 56.2 Å². The molecular formula is C18H31N3O2. The smallest absolute Gasteiger partial charge is 0.216 e. The first-order chi connectivity index (χ1) is 11.2. The third kappa shape index (κ3) is 4.07. The summed E-state index contributed by atoms with van der Waals surface area (Å²) in [6, 6.07) is 0. The van der Waals surface area contributed by atoms with E-state index in [-0.39, 0.29) is 0 Å². The molecule has 1 saturated carbocycles. The van der Waals surface area contributed by atoms with Crippen molar-refractivity contribution in [3.63, 3.8) is 0 Å². The standard InChI is InChI=1S/C18H31N3O2/c1-14-17(18(22-3)20(2)19-14)13-21-11-9-16(10-12-21)23-15-7-5-4-6-8-15/h15-16H,4-13H2,1-3H3. The molecule has 3 rings (SSSR count). The lowest BCUT2D eigenvalue weighted by molar-refractivity contribution is -0.0566. The molecule has 0 bridgehead atoms. The summed E-state index contributed by atoms with van der Waals surface area (Å²) in [5.74, 6) is 0.892. The zero-order valence-electron chi connectivity index (χ0n) is 14.9. The molecule has 1 aromatic rings. The second-order valence-corrected chi connectivity index (χ2v) is 7.07. The van der Waals surface area contributed by atoms with Crippen LogP contribution in [-0.4, -0.2) is 47.1 Å². The first-order valence-corrected chi connectivity index (χ1v) is 9.11. The summed E-state index contributed by atoms with van der Waals surface area (Å²) in [4.78, 5) is 2.51. The Labute approximate surface area is 139 Å². The van der Waals surface area contributed by atoms with E-state index in [1.165, 1.54) is 37.7 Å². The first kappa shape index (κ1) is 16.8. The van der Waals surface area contributed by atoms with Crippen LogP contribution in [0.4, 0.5) is 0 Å². The minimum Gasteiger partial charge on any atom is -0.481 e. The van der Waals surface area contributed by atoms with E-state index < -0.39 is 0 Å². The molecule has 1 aliphatic heterocycles. The van der Waals surface area contributed by atoms with Crippen LogP contribution in [0.25, 0.3) is 0 Å². The van der Waals surface area contributed by atoms with Gasteiger partial charge in [0.25, 0.3) is 0 Å². The summed E-state index contributed by atoms with van der Waals surface area (Å²) in [7, 11) is 3.67. The lowest BCUT2D eigenvalue weighted by atomic mass is 9.97. The van der Waals surface area contributed by atoms with Gasteiger partial charge in [-0.2, -0.15) is 5.10 Å². The largest absolute Gasteiger partial charge is 0.481 e. The highest BCUT2D eigenvalue weighted by Gasteiger charge is 2.25. The Morgan fingerprint density at radius 1 is 1.04 bits per heavy atom. The topological polar surface area (TPSA) is 39.5 Å². The van der Waals surface area contributed by atoms with Crippen molar-refractivity contribution in [2.45, 2.75) is 70.6 Å². The number of hydrogen-bond donors (Lipinski definition) is 0. The van der Waals surface area contributed by atoms with Crippen molar-refractivity contribution in [3.8, 4) is 5.88 Å². The average Bonchev–Trinajstić information content (AvgIpc) is 2.83. The van der Waals surface area contributed by atoms with Crippen LogP contribution in [-0.2, 0) is 18.3 Å². The van der Waals surface area contributed by atoms with Gasteiger partial charge in [-0.3, -0.25) is 4.90 Å². The zero-order valence-corrected chi connectivity index (χ0v) is 14.9. The van der Waals surface area contributed by atoms with Gasteiger partial charge in [0.05, 0.1) is 30.6 Å². The summed E-state index contributed by atoms with van der Waals surface area (Å²) < 4.78 is 13.7. The fourth-order valence-electron chi connectivity index (χ4n) is 4.02. The number of piperidine rings is 1. The van der Waals surface area contributed by atoms with Gasteiger partial charge in [-0.1, -0.05) is 19.3 Å². The maximum atomic E-state index is 6.34. The van der Waals surface area contributed by atoms with Crippen molar-refractivity contribution in [3.05, 3.63) is 11.3 Å². The fourth-order valence-corrected chi connectivity index (χ4v) is 4.02. The van der Waals surface area contributed by atoms with Crippen LogP contribution in [0.15, 0.2) is 0 Å². The summed E-state index contributed by atoms with van der Waals surface area (Å²) in [5, 5.41) is 4.48. The Kier molecular flexibility index (Phi) is 5.59. The number of aromatic nitrogens is 2. The number of nitrogens with zero attached hydrogens (tertiary/aromatic N) is 3. The average molecular weight is 321 g/mol. The molecule has 0 unspecified atom stereocenters. The third-order valence-electron chi connectivity index (χ3n) is 5.34. The van der Waals surface area contributed by atoms with Gasteiger partial charge in [-0.15, -0.1) is 0 Å². The summed E-state index contributed by atoms with van der Waals surface area (Å²) >= 11 is 0. The number of methoxy groups -OCH3 is 1. The normalized spacial score (nSPS) is 21.7. The van der Waals surface area contributed by atoms with Crippen LogP contribution in [0, 0.1) is 6.92 Å². The van der Waals surface area contributed by atoms with Gasteiger partial charge in [0.15, 0.2) is 0 Å². The number of likely N-dealkylation sites (tertiary alicyclic amines) is 1. The highest BCUT2D eigenvalue weighted by molar-refractivity contribution is 5.30. The van der Waals surface area contributed by atoms with Crippen molar-refractivity contribution >= 4 is 0 Å². The van der Waals surface area contributed by atoms with E-state index in [9.17, 15) is 0 Å². The van der Waals surface area contributed by atoms with E-state index in [0.29, 0.717) is 12.2 Å². The Balaban J connectivity index is 1.49. The van der Waals surface area contributed by atoms with Gasteiger partial charge in [-0.05, 0) is 32.6 Å². The third-order valence-corrected chi connectivity index (χ3v) is 5.34. The quantitative estimate of drug-likeness (QED) is 0.835. The van der Waals surface area contributed by atoms with Crippen molar-refractivity contribution < 1.29 is 9.47 Å². The van der Waals surface area contributed by atoms with Gasteiger partial charge in [0.2, 0.25) is 5.88 Å². The van der Waals surface area contributed by atoms with Gasteiger partial charge in [-0.25, -0.2) is 4.68 Å². The fraction of sp³-hybridized carbons (Fsp3) is 0.833. The molecule has 0 amide bonds. The second-order valence-electron chi connectivity index (χ2n) is 7.07.